The van der Waals surface area contributed by atoms with Gasteiger partial charge in [0.05, 0.1) is 0 Å². The van der Waals surface area contributed by atoms with Gasteiger partial charge >= 0.3 is 18.2 Å². The van der Waals surface area contributed by atoms with Crippen LogP contribution < -0.4 is 0 Å². The molecule has 0 rings (SSSR count). The molecule has 0 heterocycles. The van der Waals surface area contributed by atoms with Gasteiger partial charge in [0.15, 0.2) is 0 Å². The van der Waals surface area contributed by atoms with Gasteiger partial charge in [-0.25, -0.2) is 0 Å². The van der Waals surface area contributed by atoms with E-state index in [0.29, 0.717) is 3.54 Å². The molecule has 0 N–H and O–H groups in total. The summed E-state index contributed by atoms with van der Waals surface area (Å²) in [5.74, 6) is 0. The summed E-state index contributed by atoms with van der Waals surface area (Å²) in [4.78, 5) is 0. The molecule has 0 saturated heterocycles. The second kappa shape index (κ2) is 4.12. The van der Waals surface area contributed by atoms with Gasteiger partial charge in [-0.3, -0.25) is 0 Å². The van der Waals surface area contributed by atoms with E-state index in [1.54, 1.807) is 0 Å². The van der Waals surface area contributed by atoms with E-state index >= 15 is 0 Å². The zero-order valence-electron chi connectivity index (χ0n) is 6.00. The Morgan fingerprint density at radius 3 is 2.12 bits per heavy atom. The lowest BCUT2D eigenvalue weighted by molar-refractivity contribution is 0.599. The fourth-order valence-corrected chi connectivity index (χ4v) is 2.07. The molecule has 0 atom stereocenters. The van der Waals surface area contributed by atoms with Crippen molar-refractivity contribution in [1.29, 1.82) is 0 Å². The van der Waals surface area contributed by atoms with Crippen LogP contribution in [0.15, 0.2) is 0 Å². The number of rotatable bonds is 3. The van der Waals surface area contributed by atoms with Crippen LogP contribution in [-0.4, -0.2) is 18.2 Å². The van der Waals surface area contributed by atoms with Crippen molar-refractivity contribution in [1.82, 2.24) is 0 Å². The van der Waals surface area contributed by atoms with E-state index in [2.05, 4.69) is 33.7 Å². The summed E-state index contributed by atoms with van der Waals surface area (Å²) in [6, 6.07) is 0. The first-order valence-electron chi connectivity index (χ1n) is 3.18. The standard InChI is InChI=1S/C6H13.BrH.Mg/c1-4-5-6(2)3;;/h4-5H2,1-3H3;1H;/q;;+1/p-1. The van der Waals surface area contributed by atoms with Crippen molar-refractivity contribution in [2.75, 3.05) is 0 Å². The maximum Gasteiger partial charge on any atom is 0.474 e. The average Bonchev–Trinajstić information content (AvgIpc) is 1.67. The topological polar surface area (TPSA) is 0 Å². The van der Waals surface area contributed by atoms with Gasteiger partial charge in [-0.05, 0) is 0 Å². The van der Waals surface area contributed by atoms with E-state index in [9.17, 15) is 0 Å². The molecule has 0 amide bonds. The van der Waals surface area contributed by atoms with E-state index in [0.717, 1.165) is 0 Å². The third-order valence-electron chi connectivity index (χ3n) is 1.29. The molecule has 0 bridgehead atoms. The lowest BCUT2D eigenvalue weighted by atomic mass is 10.1. The summed E-state index contributed by atoms with van der Waals surface area (Å²) in [5.41, 5.74) is 0. The minimum absolute atomic E-state index is 0.0434. The molecule has 0 aliphatic carbocycles. The lowest BCUT2D eigenvalue weighted by Crippen LogP contribution is -2.06. The van der Waals surface area contributed by atoms with Crippen molar-refractivity contribution >= 4 is 31.1 Å². The fraction of sp³-hybridized carbons (Fsp3) is 1.00. The van der Waals surface area contributed by atoms with Crippen molar-refractivity contribution in [3.05, 3.63) is 0 Å². The van der Waals surface area contributed by atoms with Crippen molar-refractivity contribution in [2.24, 2.45) is 0 Å². The molecule has 0 aromatic rings. The van der Waals surface area contributed by atoms with Crippen LogP contribution in [0.2, 0.25) is 3.54 Å². The summed E-state index contributed by atoms with van der Waals surface area (Å²) in [5, 5.41) is 0. The molecule has 0 aromatic heterocycles. The molecular weight excluding hydrogens is 176 g/mol. The molecule has 0 saturated carbocycles. The van der Waals surface area contributed by atoms with E-state index in [1.807, 2.05) is 0 Å². The smallest absolute Gasteiger partial charge is 0.306 e. The first kappa shape index (κ1) is 9.25. The fourth-order valence-electron chi connectivity index (χ4n) is 0.744. The Morgan fingerprint density at radius 2 is 2.00 bits per heavy atom. The predicted octanol–water partition coefficient (Wildman–Crippen LogP) is 3.00. The van der Waals surface area contributed by atoms with E-state index in [4.69, 9.17) is 0 Å². The highest BCUT2D eigenvalue weighted by molar-refractivity contribution is 9.23. The Balaban J connectivity index is 3.37. The van der Waals surface area contributed by atoms with Crippen molar-refractivity contribution in [3.63, 3.8) is 0 Å². The van der Waals surface area contributed by atoms with Crippen molar-refractivity contribution < 1.29 is 0 Å². The van der Waals surface area contributed by atoms with Crippen molar-refractivity contribution in [2.45, 2.75) is 37.2 Å². The minimum atomic E-state index is 0.0434. The predicted molar refractivity (Wildman–Crippen MR) is 43.6 cm³/mol. The average molecular weight is 189 g/mol. The Morgan fingerprint density at radius 1 is 1.50 bits per heavy atom. The van der Waals surface area contributed by atoms with E-state index < -0.39 is 0 Å². The third-order valence-corrected chi connectivity index (χ3v) is 6.92. The van der Waals surface area contributed by atoms with Gasteiger partial charge in [0.25, 0.3) is 0 Å². The van der Waals surface area contributed by atoms with Crippen LogP contribution >= 0.6 is 12.9 Å². The molecule has 0 spiro atoms. The van der Waals surface area contributed by atoms with Crippen LogP contribution in [0.3, 0.4) is 0 Å². The van der Waals surface area contributed by atoms with Gasteiger partial charge in [-0.1, -0.05) is 33.6 Å². The highest BCUT2D eigenvalue weighted by Gasteiger charge is 2.16. The molecule has 0 unspecified atom stereocenters. The van der Waals surface area contributed by atoms with Gasteiger partial charge in [0.2, 0.25) is 0 Å². The second-order valence-corrected chi connectivity index (χ2v) is 6.91. The normalized spacial score (nSPS) is 11.0. The van der Waals surface area contributed by atoms with Crippen LogP contribution in [0.25, 0.3) is 0 Å². The molecule has 0 aromatic carbocycles. The second-order valence-electron chi connectivity index (χ2n) is 3.05. The molecule has 0 aliphatic rings. The highest BCUT2D eigenvalue weighted by Crippen LogP contribution is 2.30. The Bertz CT molecular complexity index is 61.5. The van der Waals surface area contributed by atoms with Crippen LogP contribution in [0.5, 0.6) is 0 Å². The molecular formula is C6H13BrMg. The third kappa shape index (κ3) is 4.16. The quantitative estimate of drug-likeness (QED) is 0.599. The summed E-state index contributed by atoms with van der Waals surface area (Å²) in [6.07, 6.45) is 2.70. The zero-order valence-corrected chi connectivity index (χ0v) is 9.00. The lowest BCUT2D eigenvalue weighted by Gasteiger charge is -2.19. The van der Waals surface area contributed by atoms with E-state index in [1.165, 1.54) is 12.8 Å². The molecule has 8 heavy (non-hydrogen) atoms. The Kier molecular flexibility index (Phi) is 4.77. The molecule has 2 heteroatoms. The van der Waals surface area contributed by atoms with Gasteiger partial charge in [-0.15, -0.1) is 3.54 Å². The zero-order chi connectivity index (χ0) is 6.62. The van der Waals surface area contributed by atoms with Crippen LogP contribution in [0.4, 0.5) is 0 Å². The van der Waals surface area contributed by atoms with Crippen LogP contribution in [0, 0.1) is 0 Å². The molecule has 0 radical (unpaired) electrons. The first-order chi connectivity index (χ1) is 3.62. The number of halogens is 1. The van der Waals surface area contributed by atoms with Crippen LogP contribution in [-0.2, 0) is 0 Å². The van der Waals surface area contributed by atoms with Gasteiger partial charge in [0, 0.05) is 0 Å². The summed E-state index contributed by atoms with van der Waals surface area (Å²) in [7, 11) is 0. The molecule has 0 fully saturated rings. The van der Waals surface area contributed by atoms with Gasteiger partial charge < -0.3 is 12.9 Å². The largest absolute Gasteiger partial charge is 0.474 e. The SMILES string of the molecule is CCC[C](C)(C)[Mg][Br]. The maximum atomic E-state index is 3.61. The van der Waals surface area contributed by atoms with E-state index in [-0.39, 0.29) is 18.2 Å². The molecule has 46 valence electrons. The van der Waals surface area contributed by atoms with Gasteiger partial charge in [0.1, 0.15) is 0 Å². The van der Waals surface area contributed by atoms with Crippen molar-refractivity contribution in [3.8, 4) is 0 Å². The number of hydrogen-bond donors (Lipinski definition) is 0. The summed E-state index contributed by atoms with van der Waals surface area (Å²) >= 11 is 3.65. The maximum absolute atomic E-state index is 3.61. The highest BCUT2D eigenvalue weighted by atomic mass is 79.9. The first-order valence-corrected chi connectivity index (χ1v) is 7.79. The monoisotopic (exact) mass is 188 g/mol. The molecule has 0 nitrogen and oxygen atoms in total. The summed E-state index contributed by atoms with van der Waals surface area (Å²) < 4.78 is 0.648. The van der Waals surface area contributed by atoms with Gasteiger partial charge in [-0.2, -0.15) is 0 Å². The minimum Gasteiger partial charge on any atom is -0.306 e. The Hall–Kier alpha value is 1.25. The Labute approximate surface area is 68.0 Å². The summed E-state index contributed by atoms with van der Waals surface area (Å²) in [6.45, 7) is 6.94. The molecule has 0 aliphatic heterocycles. The van der Waals surface area contributed by atoms with Crippen LogP contribution in [0.1, 0.15) is 33.6 Å². The number of hydrogen-bond acceptors (Lipinski definition) is 0.